The Kier molecular flexibility index (Phi) is 1.87. The third-order valence-electron chi connectivity index (χ3n) is 1.55. The van der Waals surface area contributed by atoms with Crippen molar-refractivity contribution in [2.24, 2.45) is 0 Å². The number of halogens is 1. The van der Waals surface area contributed by atoms with Crippen molar-refractivity contribution in [2.75, 3.05) is 0 Å². The molecule has 1 aromatic heterocycles. The lowest BCUT2D eigenvalue weighted by Crippen LogP contribution is -1.74. The van der Waals surface area contributed by atoms with Gasteiger partial charge in [-0.15, -0.1) is 0 Å². The molecular formula is C9H6FNS. The van der Waals surface area contributed by atoms with E-state index in [4.69, 9.17) is 0 Å². The zero-order valence-corrected chi connectivity index (χ0v) is 7.01. The van der Waals surface area contributed by atoms with Gasteiger partial charge in [-0.2, -0.15) is 0 Å². The van der Waals surface area contributed by atoms with Crippen LogP contribution in [-0.4, -0.2) is 4.37 Å². The highest BCUT2D eigenvalue weighted by Gasteiger charge is 1.99. The average Bonchev–Trinajstić information content (AvgIpc) is 2.56. The van der Waals surface area contributed by atoms with E-state index in [9.17, 15) is 4.39 Å². The smallest absolute Gasteiger partial charge is 0.123 e. The minimum atomic E-state index is -0.207. The Labute approximate surface area is 73.7 Å². The van der Waals surface area contributed by atoms with E-state index in [0.717, 1.165) is 10.4 Å². The summed E-state index contributed by atoms with van der Waals surface area (Å²) in [5, 5.41) is 0. The second kappa shape index (κ2) is 3.03. The van der Waals surface area contributed by atoms with Gasteiger partial charge in [0.15, 0.2) is 0 Å². The highest BCUT2D eigenvalue weighted by molar-refractivity contribution is 7.09. The molecule has 12 heavy (non-hydrogen) atoms. The maximum Gasteiger partial charge on any atom is 0.123 e. The summed E-state index contributed by atoms with van der Waals surface area (Å²) in [6.45, 7) is 0. The van der Waals surface area contributed by atoms with Gasteiger partial charge in [0.05, 0.1) is 4.88 Å². The quantitative estimate of drug-likeness (QED) is 0.655. The van der Waals surface area contributed by atoms with E-state index in [1.54, 1.807) is 12.3 Å². The number of hydrogen-bond acceptors (Lipinski definition) is 2. The van der Waals surface area contributed by atoms with Crippen LogP contribution < -0.4 is 0 Å². The third kappa shape index (κ3) is 1.36. The zero-order chi connectivity index (χ0) is 8.39. The van der Waals surface area contributed by atoms with Crippen LogP contribution in [0.25, 0.3) is 10.4 Å². The molecule has 0 saturated carbocycles. The fourth-order valence-corrected chi connectivity index (χ4v) is 1.60. The zero-order valence-electron chi connectivity index (χ0n) is 6.20. The summed E-state index contributed by atoms with van der Waals surface area (Å²) in [5.74, 6) is -0.207. The van der Waals surface area contributed by atoms with E-state index < -0.39 is 0 Å². The molecule has 0 fully saturated rings. The minimum absolute atomic E-state index is 0.207. The topological polar surface area (TPSA) is 12.9 Å². The van der Waals surface area contributed by atoms with Crippen LogP contribution in [0.5, 0.6) is 0 Å². The number of nitrogens with zero attached hydrogens (tertiary/aromatic N) is 1. The van der Waals surface area contributed by atoms with Crippen molar-refractivity contribution >= 4 is 11.5 Å². The van der Waals surface area contributed by atoms with Gasteiger partial charge in [0, 0.05) is 6.20 Å². The summed E-state index contributed by atoms with van der Waals surface area (Å²) >= 11 is 1.37. The normalized spacial score (nSPS) is 10.1. The molecule has 0 unspecified atom stereocenters. The first-order valence-corrected chi connectivity index (χ1v) is 4.30. The van der Waals surface area contributed by atoms with Gasteiger partial charge in [-0.3, -0.25) is 0 Å². The lowest BCUT2D eigenvalue weighted by molar-refractivity contribution is 0.628. The molecule has 0 spiro atoms. The van der Waals surface area contributed by atoms with Gasteiger partial charge in [-0.1, -0.05) is 12.1 Å². The van der Waals surface area contributed by atoms with E-state index in [0.29, 0.717) is 0 Å². The van der Waals surface area contributed by atoms with Gasteiger partial charge in [0.25, 0.3) is 0 Å². The van der Waals surface area contributed by atoms with Gasteiger partial charge >= 0.3 is 0 Å². The predicted octanol–water partition coefficient (Wildman–Crippen LogP) is 2.95. The Morgan fingerprint density at radius 1 is 1.25 bits per heavy atom. The molecule has 0 amide bonds. The third-order valence-corrected chi connectivity index (χ3v) is 2.34. The Morgan fingerprint density at radius 2 is 2.17 bits per heavy atom. The van der Waals surface area contributed by atoms with E-state index >= 15 is 0 Å². The maximum atomic E-state index is 12.7. The van der Waals surface area contributed by atoms with Crippen LogP contribution in [0.3, 0.4) is 0 Å². The van der Waals surface area contributed by atoms with Crippen molar-refractivity contribution < 1.29 is 4.39 Å². The molecule has 0 bridgehead atoms. The lowest BCUT2D eigenvalue weighted by Gasteiger charge is -1.94. The fourth-order valence-electron chi connectivity index (χ4n) is 1.01. The van der Waals surface area contributed by atoms with Gasteiger partial charge in [0.1, 0.15) is 5.82 Å². The molecule has 60 valence electrons. The molecule has 1 aromatic carbocycles. The minimum Gasteiger partial charge on any atom is -0.207 e. The van der Waals surface area contributed by atoms with Crippen molar-refractivity contribution in [3.63, 3.8) is 0 Å². The number of rotatable bonds is 1. The van der Waals surface area contributed by atoms with Gasteiger partial charge in [-0.25, -0.2) is 8.76 Å². The molecule has 0 atom stereocenters. The highest BCUT2D eigenvalue weighted by atomic mass is 32.1. The molecular weight excluding hydrogens is 173 g/mol. The molecule has 0 aliphatic carbocycles. The predicted molar refractivity (Wildman–Crippen MR) is 47.5 cm³/mol. The van der Waals surface area contributed by atoms with E-state index in [-0.39, 0.29) is 5.82 Å². The molecule has 2 aromatic rings. The maximum absolute atomic E-state index is 12.7. The fraction of sp³-hybridized carbons (Fsp3) is 0. The highest BCUT2D eigenvalue weighted by Crippen LogP contribution is 2.22. The molecule has 2 rings (SSSR count). The Morgan fingerprint density at radius 3 is 2.83 bits per heavy atom. The van der Waals surface area contributed by atoms with Crippen LogP contribution in [0.2, 0.25) is 0 Å². The molecule has 0 radical (unpaired) electrons. The van der Waals surface area contributed by atoms with Crippen molar-refractivity contribution in [3.8, 4) is 10.4 Å². The first kappa shape index (κ1) is 7.43. The first-order valence-electron chi connectivity index (χ1n) is 3.53. The average molecular weight is 179 g/mol. The second-order valence-electron chi connectivity index (χ2n) is 2.39. The summed E-state index contributed by atoms with van der Waals surface area (Å²) in [6, 6.07) is 8.39. The second-order valence-corrected chi connectivity index (χ2v) is 3.22. The van der Waals surface area contributed by atoms with Crippen molar-refractivity contribution in [1.29, 1.82) is 0 Å². The van der Waals surface area contributed by atoms with Crippen molar-refractivity contribution in [3.05, 3.63) is 42.3 Å². The largest absolute Gasteiger partial charge is 0.207 e. The lowest BCUT2D eigenvalue weighted by atomic mass is 10.2. The van der Waals surface area contributed by atoms with Crippen LogP contribution in [0.1, 0.15) is 0 Å². The number of aromatic nitrogens is 1. The molecule has 0 aliphatic rings. The molecule has 0 saturated heterocycles. The first-order chi connectivity index (χ1) is 5.86. The molecule has 1 heterocycles. The summed E-state index contributed by atoms with van der Waals surface area (Å²) in [6.07, 6.45) is 1.71. The SMILES string of the molecule is Fc1cccc(-c2ccns2)c1. The van der Waals surface area contributed by atoms with Crippen LogP contribution in [0, 0.1) is 5.82 Å². The van der Waals surface area contributed by atoms with Crippen molar-refractivity contribution in [2.45, 2.75) is 0 Å². The van der Waals surface area contributed by atoms with Crippen LogP contribution in [0.4, 0.5) is 4.39 Å². The van der Waals surface area contributed by atoms with E-state index in [1.165, 1.54) is 23.7 Å². The Bertz CT molecular complexity index is 370. The van der Waals surface area contributed by atoms with Gasteiger partial charge in [0.2, 0.25) is 0 Å². The van der Waals surface area contributed by atoms with Crippen LogP contribution in [-0.2, 0) is 0 Å². The number of benzene rings is 1. The number of hydrogen-bond donors (Lipinski definition) is 0. The van der Waals surface area contributed by atoms with Crippen LogP contribution in [0.15, 0.2) is 36.5 Å². The van der Waals surface area contributed by atoms with Gasteiger partial charge < -0.3 is 0 Å². The standard InChI is InChI=1S/C9H6FNS/c10-8-3-1-2-7(6-8)9-4-5-11-12-9/h1-6H. The van der Waals surface area contributed by atoms with E-state index in [1.807, 2.05) is 12.1 Å². The van der Waals surface area contributed by atoms with E-state index in [2.05, 4.69) is 4.37 Å². The molecule has 0 aliphatic heterocycles. The summed E-state index contributed by atoms with van der Waals surface area (Å²) < 4.78 is 16.7. The van der Waals surface area contributed by atoms with Crippen molar-refractivity contribution in [1.82, 2.24) is 4.37 Å². The Balaban J connectivity index is 2.48. The summed E-state index contributed by atoms with van der Waals surface area (Å²) in [5.41, 5.74) is 0.887. The Hall–Kier alpha value is -1.22. The monoisotopic (exact) mass is 179 g/mol. The molecule has 1 nitrogen and oxygen atoms in total. The summed E-state index contributed by atoms with van der Waals surface area (Å²) in [4.78, 5) is 0.995. The molecule has 0 N–H and O–H groups in total. The molecule has 3 heteroatoms. The van der Waals surface area contributed by atoms with Crippen LogP contribution >= 0.6 is 11.5 Å². The van der Waals surface area contributed by atoms with Gasteiger partial charge in [-0.05, 0) is 35.3 Å². The summed E-state index contributed by atoms with van der Waals surface area (Å²) in [7, 11) is 0.